The average Bonchev–Trinajstić information content (AvgIpc) is 2.66. The molecule has 0 bridgehead atoms. The molecular weight excluding hydrogens is 204 g/mol. The van der Waals surface area contributed by atoms with Gasteiger partial charge in [-0.3, -0.25) is 4.79 Å². The minimum Gasteiger partial charge on any atom is -0.337 e. The number of imidazole rings is 1. The maximum Gasteiger partial charge on any atom is 0.240 e. The molecule has 0 fully saturated rings. The molecule has 1 unspecified atom stereocenters. The van der Waals surface area contributed by atoms with Crippen molar-refractivity contribution in [3.63, 3.8) is 0 Å². The Hall–Kier alpha value is -1.83. The van der Waals surface area contributed by atoms with Crippen LogP contribution in [0.15, 0.2) is 12.4 Å². The fourth-order valence-electron chi connectivity index (χ4n) is 1.43. The summed E-state index contributed by atoms with van der Waals surface area (Å²) >= 11 is 0. The Morgan fingerprint density at radius 3 is 2.88 bits per heavy atom. The Balaban J connectivity index is 2.66. The van der Waals surface area contributed by atoms with Crippen LogP contribution in [0.1, 0.15) is 19.2 Å². The molecule has 0 radical (unpaired) electrons. The molecule has 0 spiro atoms. The van der Waals surface area contributed by atoms with Crippen molar-refractivity contribution in [3.8, 4) is 6.07 Å². The van der Waals surface area contributed by atoms with Crippen molar-refractivity contribution in [3.05, 3.63) is 18.2 Å². The fourth-order valence-corrected chi connectivity index (χ4v) is 1.43. The lowest BCUT2D eigenvalue weighted by molar-refractivity contribution is -0.133. The van der Waals surface area contributed by atoms with E-state index in [0.717, 1.165) is 5.82 Å². The molecule has 1 amide bonds. The van der Waals surface area contributed by atoms with Gasteiger partial charge in [0.2, 0.25) is 5.91 Å². The van der Waals surface area contributed by atoms with E-state index in [9.17, 15) is 4.79 Å². The first-order chi connectivity index (χ1) is 7.60. The van der Waals surface area contributed by atoms with Crippen molar-refractivity contribution in [2.75, 3.05) is 7.05 Å². The van der Waals surface area contributed by atoms with E-state index in [1.54, 1.807) is 18.1 Å². The van der Waals surface area contributed by atoms with Gasteiger partial charge in [-0.15, -0.1) is 0 Å². The lowest BCUT2D eigenvalue weighted by atomic mass is 10.1. The number of nitriles is 1. The minimum atomic E-state index is -0.551. The highest BCUT2D eigenvalue weighted by Crippen LogP contribution is 2.08. The lowest BCUT2D eigenvalue weighted by Crippen LogP contribution is -2.32. The van der Waals surface area contributed by atoms with Gasteiger partial charge >= 0.3 is 0 Å². The zero-order valence-electron chi connectivity index (χ0n) is 9.84. The van der Waals surface area contributed by atoms with Crippen molar-refractivity contribution in [1.82, 2.24) is 14.5 Å². The van der Waals surface area contributed by atoms with Crippen molar-refractivity contribution in [2.24, 2.45) is 13.0 Å². The zero-order chi connectivity index (χ0) is 12.1. The van der Waals surface area contributed by atoms with Crippen LogP contribution in [-0.4, -0.2) is 27.4 Å². The van der Waals surface area contributed by atoms with Crippen molar-refractivity contribution < 1.29 is 4.79 Å². The summed E-state index contributed by atoms with van der Waals surface area (Å²) in [5.41, 5.74) is 0. The number of amides is 1. The van der Waals surface area contributed by atoms with Crippen LogP contribution in [0.25, 0.3) is 0 Å². The Morgan fingerprint density at radius 2 is 2.44 bits per heavy atom. The number of hydrogen-bond acceptors (Lipinski definition) is 3. The van der Waals surface area contributed by atoms with Gasteiger partial charge in [-0.1, -0.05) is 6.92 Å². The van der Waals surface area contributed by atoms with E-state index < -0.39 is 5.92 Å². The average molecular weight is 220 g/mol. The van der Waals surface area contributed by atoms with E-state index in [-0.39, 0.29) is 5.91 Å². The second-order valence-corrected chi connectivity index (χ2v) is 3.74. The molecular formula is C11H16N4O. The van der Waals surface area contributed by atoms with Gasteiger partial charge in [-0.25, -0.2) is 4.98 Å². The Morgan fingerprint density at radius 1 is 1.75 bits per heavy atom. The summed E-state index contributed by atoms with van der Waals surface area (Å²) in [6, 6.07) is 2.01. The monoisotopic (exact) mass is 220 g/mol. The maximum absolute atomic E-state index is 11.8. The third-order valence-electron chi connectivity index (χ3n) is 2.54. The molecule has 5 nitrogen and oxygen atoms in total. The molecule has 0 aliphatic carbocycles. The molecule has 0 saturated heterocycles. The predicted molar refractivity (Wildman–Crippen MR) is 59.1 cm³/mol. The highest BCUT2D eigenvalue weighted by atomic mass is 16.2. The Labute approximate surface area is 95.3 Å². The quantitative estimate of drug-likeness (QED) is 0.758. The van der Waals surface area contributed by atoms with E-state index in [4.69, 9.17) is 5.26 Å². The summed E-state index contributed by atoms with van der Waals surface area (Å²) in [6.07, 6.45) is 4.06. The topological polar surface area (TPSA) is 61.9 Å². The SMILES string of the molecule is CCC(C#N)C(=O)N(C)Cc1nccn1C. The first kappa shape index (κ1) is 12.2. The van der Waals surface area contributed by atoms with E-state index in [0.29, 0.717) is 13.0 Å². The summed E-state index contributed by atoms with van der Waals surface area (Å²) < 4.78 is 1.86. The van der Waals surface area contributed by atoms with Crippen LogP contribution in [0.4, 0.5) is 0 Å². The standard InChI is InChI=1S/C11H16N4O/c1-4-9(7-12)11(16)15(3)8-10-13-5-6-14(10)2/h5-6,9H,4,8H2,1-3H3. The van der Waals surface area contributed by atoms with E-state index in [1.165, 1.54) is 0 Å². The summed E-state index contributed by atoms with van der Waals surface area (Å²) in [4.78, 5) is 17.5. The van der Waals surface area contributed by atoms with Crippen LogP contribution in [-0.2, 0) is 18.4 Å². The first-order valence-electron chi connectivity index (χ1n) is 5.21. The minimum absolute atomic E-state index is 0.145. The van der Waals surface area contributed by atoms with Gasteiger partial charge in [0.05, 0.1) is 12.6 Å². The van der Waals surface area contributed by atoms with Gasteiger partial charge in [-0.2, -0.15) is 5.26 Å². The third-order valence-corrected chi connectivity index (χ3v) is 2.54. The van der Waals surface area contributed by atoms with Gasteiger partial charge < -0.3 is 9.47 Å². The summed E-state index contributed by atoms with van der Waals surface area (Å²) in [7, 11) is 3.57. The van der Waals surface area contributed by atoms with E-state index in [1.807, 2.05) is 30.8 Å². The second-order valence-electron chi connectivity index (χ2n) is 3.74. The van der Waals surface area contributed by atoms with Gasteiger partial charge in [0.25, 0.3) is 0 Å². The third kappa shape index (κ3) is 2.60. The van der Waals surface area contributed by atoms with Crippen LogP contribution >= 0.6 is 0 Å². The first-order valence-corrected chi connectivity index (χ1v) is 5.21. The van der Waals surface area contributed by atoms with E-state index in [2.05, 4.69) is 4.98 Å². The molecule has 86 valence electrons. The number of aromatic nitrogens is 2. The number of aryl methyl sites for hydroxylation is 1. The summed E-state index contributed by atoms with van der Waals surface area (Å²) in [5.74, 6) is 0.113. The maximum atomic E-state index is 11.8. The number of carbonyl (C=O) groups excluding carboxylic acids is 1. The van der Waals surface area contributed by atoms with E-state index >= 15 is 0 Å². The lowest BCUT2D eigenvalue weighted by Gasteiger charge is -2.18. The summed E-state index contributed by atoms with van der Waals surface area (Å²) in [5, 5.41) is 8.81. The Bertz CT molecular complexity index is 404. The molecule has 1 rings (SSSR count). The highest BCUT2D eigenvalue weighted by Gasteiger charge is 2.20. The molecule has 1 aromatic rings. The Kier molecular flexibility index (Phi) is 4.06. The molecule has 1 atom stereocenters. The van der Waals surface area contributed by atoms with Crippen molar-refractivity contribution in [1.29, 1.82) is 5.26 Å². The molecule has 0 aliphatic heterocycles. The molecule has 0 saturated carbocycles. The molecule has 1 aromatic heterocycles. The number of rotatable bonds is 4. The molecule has 0 aliphatic rings. The summed E-state index contributed by atoms with van der Waals surface area (Å²) in [6.45, 7) is 2.26. The van der Waals surface area contributed by atoms with Crippen LogP contribution in [0.2, 0.25) is 0 Å². The smallest absolute Gasteiger partial charge is 0.240 e. The number of nitrogens with zero attached hydrogens (tertiary/aromatic N) is 4. The molecule has 1 heterocycles. The number of carbonyl (C=O) groups is 1. The fraction of sp³-hybridized carbons (Fsp3) is 0.545. The van der Waals surface area contributed by atoms with Gasteiger partial charge in [0.1, 0.15) is 11.7 Å². The normalized spacial score (nSPS) is 11.9. The molecule has 0 N–H and O–H groups in total. The van der Waals surface area contributed by atoms with Crippen LogP contribution < -0.4 is 0 Å². The second kappa shape index (κ2) is 5.31. The van der Waals surface area contributed by atoms with Crippen LogP contribution in [0.5, 0.6) is 0 Å². The molecule has 16 heavy (non-hydrogen) atoms. The van der Waals surface area contributed by atoms with Crippen LogP contribution in [0.3, 0.4) is 0 Å². The zero-order valence-corrected chi connectivity index (χ0v) is 9.84. The van der Waals surface area contributed by atoms with Crippen molar-refractivity contribution in [2.45, 2.75) is 19.9 Å². The van der Waals surface area contributed by atoms with Crippen molar-refractivity contribution >= 4 is 5.91 Å². The molecule has 5 heteroatoms. The highest BCUT2D eigenvalue weighted by molar-refractivity contribution is 5.80. The largest absolute Gasteiger partial charge is 0.337 e. The number of hydrogen-bond donors (Lipinski definition) is 0. The molecule has 0 aromatic carbocycles. The van der Waals surface area contributed by atoms with Gasteiger partial charge in [0.15, 0.2) is 0 Å². The predicted octanol–water partition coefficient (Wildman–Crippen LogP) is 0.928. The van der Waals surface area contributed by atoms with Crippen LogP contribution in [0, 0.1) is 17.2 Å². The van der Waals surface area contributed by atoms with Gasteiger partial charge in [-0.05, 0) is 6.42 Å². The van der Waals surface area contributed by atoms with Gasteiger partial charge in [0, 0.05) is 26.5 Å².